The highest BCUT2D eigenvalue weighted by atomic mass is 16.2. The first kappa shape index (κ1) is 13.9. The summed E-state index contributed by atoms with van der Waals surface area (Å²) in [5, 5.41) is 7.00. The molecule has 0 spiro atoms. The number of aryl methyl sites for hydroxylation is 2. The fraction of sp³-hybridized carbons (Fsp3) is 0.200. The van der Waals surface area contributed by atoms with E-state index < -0.39 is 0 Å². The van der Waals surface area contributed by atoms with Gasteiger partial charge in [-0.05, 0) is 30.7 Å². The predicted molar refractivity (Wildman–Crippen MR) is 80.8 cm³/mol. The average Bonchev–Trinajstić information content (AvgIpc) is 2.84. The van der Waals surface area contributed by atoms with Crippen molar-refractivity contribution in [2.75, 3.05) is 11.9 Å². The maximum atomic E-state index is 11.6. The molecule has 2 rings (SSSR count). The lowest BCUT2D eigenvalue weighted by Crippen LogP contribution is -2.26. The molecule has 1 aromatic carbocycles. The molecule has 0 saturated heterocycles. The van der Waals surface area contributed by atoms with E-state index in [0.717, 1.165) is 16.9 Å². The second kappa shape index (κ2) is 6.56. The van der Waals surface area contributed by atoms with Crippen molar-refractivity contribution in [1.29, 1.82) is 0 Å². The average molecular weight is 270 g/mol. The molecule has 0 unspecified atom stereocenters. The summed E-state index contributed by atoms with van der Waals surface area (Å²) in [6.07, 6.45) is 3.54. The standard InChI is InChI=1S/C15H18N4O/c1-12-6-3-4-8-14(12)16-11-15(20)18-17-10-13-7-5-9-19(13)2/h3-10,16H,11H2,1-2H3,(H,18,20)/b17-10-. The fourth-order valence-corrected chi connectivity index (χ4v) is 1.77. The van der Waals surface area contributed by atoms with Crippen LogP contribution in [0, 0.1) is 6.92 Å². The lowest BCUT2D eigenvalue weighted by Gasteiger charge is -2.07. The SMILES string of the molecule is Cc1ccccc1NCC(=O)N/N=C\c1cccn1C. The van der Waals surface area contributed by atoms with Gasteiger partial charge in [-0.1, -0.05) is 18.2 Å². The van der Waals surface area contributed by atoms with Gasteiger partial charge in [-0.25, -0.2) is 5.43 Å². The summed E-state index contributed by atoms with van der Waals surface area (Å²) in [5.74, 6) is -0.182. The van der Waals surface area contributed by atoms with Gasteiger partial charge >= 0.3 is 0 Å². The van der Waals surface area contributed by atoms with Crippen LogP contribution in [-0.2, 0) is 11.8 Å². The van der Waals surface area contributed by atoms with E-state index in [1.165, 1.54) is 0 Å². The monoisotopic (exact) mass is 270 g/mol. The molecule has 0 radical (unpaired) electrons. The van der Waals surface area contributed by atoms with Crippen LogP contribution in [-0.4, -0.2) is 23.2 Å². The molecular formula is C15H18N4O. The Morgan fingerprint density at radius 1 is 1.30 bits per heavy atom. The molecule has 5 nitrogen and oxygen atoms in total. The van der Waals surface area contributed by atoms with E-state index in [2.05, 4.69) is 15.8 Å². The minimum atomic E-state index is -0.182. The highest BCUT2D eigenvalue weighted by Gasteiger charge is 2.01. The van der Waals surface area contributed by atoms with Crippen LogP contribution in [0.5, 0.6) is 0 Å². The number of rotatable bonds is 5. The van der Waals surface area contributed by atoms with Gasteiger partial charge in [-0.2, -0.15) is 5.10 Å². The molecule has 104 valence electrons. The molecule has 0 saturated carbocycles. The molecule has 1 aromatic heterocycles. The molecule has 0 aliphatic carbocycles. The molecule has 1 amide bonds. The Morgan fingerprint density at radius 3 is 2.80 bits per heavy atom. The number of nitrogens with zero attached hydrogens (tertiary/aromatic N) is 2. The highest BCUT2D eigenvalue weighted by Crippen LogP contribution is 2.12. The van der Waals surface area contributed by atoms with Crippen LogP contribution in [0.25, 0.3) is 0 Å². The first-order chi connectivity index (χ1) is 9.66. The number of anilines is 1. The topological polar surface area (TPSA) is 58.4 Å². The molecule has 2 N–H and O–H groups in total. The van der Waals surface area contributed by atoms with Gasteiger partial charge in [0.05, 0.1) is 18.5 Å². The van der Waals surface area contributed by atoms with Crippen molar-refractivity contribution < 1.29 is 4.79 Å². The van der Waals surface area contributed by atoms with Crippen LogP contribution in [0.2, 0.25) is 0 Å². The number of hydrogen-bond donors (Lipinski definition) is 2. The van der Waals surface area contributed by atoms with Gasteiger partial charge in [0.25, 0.3) is 5.91 Å². The van der Waals surface area contributed by atoms with E-state index in [-0.39, 0.29) is 12.5 Å². The number of carbonyl (C=O) groups is 1. The first-order valence-corrected chi connectivity index (χ1v) is 6.39. The van der Waals surface area contributed by atoms with Gasteiger partial charge in [0, 0.05) is 18.9 Å². The van der Waals surface area contributed by atoms with Gasteiger partial charge in [0.2, 0.25) is 0 Å². The van der Waals surface area contributed by atoms with Crippen LogP contribution in [0.1, 0.15) is 11.3 Å². The zero-order chi connectivity index (χ0) is 14.4. The van der Waals surface area contributed by atoms with E-state index in [1.807, 2.05) is 61.1 Å². The lowest BCUT2D eigenvalue weighted by molar-refractivity contribution is -0.119. The normalized spacial score (nSPS) is 10.7. The van der Waals surface area contributed by atoms with Gasteiger partial charge < -0.3 is 9.88 Å². The number of hydrogen-bond acceptors (Lipinski definition) is 3. The van der Waals surface area contributed by atoms with Gasteiger partial charge in [-0.3, -0.25) is 4.79 Å². The van der Waals surface area contributed by atoms with Crippen LogP contribution in [0.3, 0.4) is 0 Å². The lowest BCUT2D eigenvalue weighted by atomic mass is 10.2. The largest absolute Gasteiger partial charge is 0.376 e. The first-order valence-electron chi connectivity index (χ1n) is 6.39. The van der Waals surface area contributed by atoms with Crippen molar-refractivity contribution in [2.45, 2.75) is 6.92 Å². The predicted octanol–water partition coefficient (Wildman–Crippen LogP) is 1.90. The van der Waals surface area contributed by atoms with Crippen molar-refractivity contribution >= 4 is 17.8 Å². The summed E-state index contributed by atoms with van der Waals surface area (Å²) in [6.45, 7) is 2.18. The maximum absolute atomic E-state index is 11.6. The Hall–Kier alpha value is -2.56. The molecule has 0 aliphatic heterocycles. The third kappa shape index (κ3) is 3.71. The van der Waals surface area contributed by atoms with Crippen molar-refractivity contribution in [2.24, 2.45) is 12.1 Å². The number of carbonyl (C=O) groups excluding carboxylic acids is 1. The smallest absolute Gasteiger partial charge is 0.259 e. The summed E-state index contributed by atoms with van der Waals surface area (Å²) in [6, 6.07) is 11.7. The molecular weight excluding hydrogens is 252 g/mol. The minimum Gasteiger partial charge on any atom is -0.376 e. The fourth-order valence-electron chi connectivity index (χ4n) is 1.77. The van der Waals surface area contributed by atoms with E-state index in [0.29, 0.717) is 0 Å². The number of hydrazone groups is 1. The Balaban J connectivity index is 1.80. The van der Waals surface area contributed by atoms with Gasteiger partial charge in [0.1, 0.15) is 0 Å². The summed E-state index contributed by atoms with van der Waals surface area (Å²) in [5.41, 5.74) is 5.48. The molecule has 0 aliphatic rings. The van der Waals surface area contributed by atoms with Crippen LogP contribution in [0.15, 0.2) is 47.7 Å². The number of aromatic nitrogens is 1. The van der Waals surface area contributed by atoms with E-state index in [9.17, 15) is 4.79 Å². The minimum absolute atomic E-state index is 0.182. The quantitative estimate of drug-likeness (QED) is 0.644. The van der Waals surface area contributed by atoms with Crippen LogP contribution in [0.4, 0.5) is 5.69 Å². The van der Waals surface area contributed by atoms with Gasteiger partial charge in [0.15, 0.2) is 0 Å². The Morgan fingerprint density at radius 2 is 2.10 bits per heavy atom. The Bertz CT molecular complexity index is 616. The van der Waals surface area contributed by atoms with Crippen molar-refractivity contribution in [3.8, 4) is 0 Å². The molecule has 0 fully saturated rings. The van der Waals surface area contributed by atoms with Crippen molar-refractivity contribution in [3.05, 3.63) is 53.9 Å². The maximum Gasteiger partial charge on any atom is 0.259 e. The third-order valence-electron chi connectivity index (χ3n) is 2.95. The van der Waals surface area contributed by atoms with Gasteiger partial charge in [-0.15, -0.1) is 0 Å². The number of amides is 1. The molecule has 0 bridgehead atoms. The Kier molecular flexibility index (Phi) is 4.55. The molecule has 20 heavy (non-hydrogen) atoms. The van der Waals surface area contributed by atoms with E-state index >= 15 is 0 Å². The second-order valence-electron chi connectivity index (χ2n) is 4.51. The van der Waals surface area contributed by atoms with Crippen molar-refractivity contribution in [1.82, 2.24) is 9.99 Å². The van der Waals surface area contributed by atoms with Crippen LogP contribution >= 0.6 is 0 Å². The zero-order valence-corrected chi connectivity index (χ0v) is 11.6. The number of para-hydroxylation sites is 1. The third-order valence-corrected chi connectivity index (χ3v) is 2.95. The Labute approximate surface area is 118 Å². The van der Waals surface area contributed by atoms with E-state index in [4.69, 9.17) is 0 Å². The second-order valence-corrected chi connectivity index (χ2v) is 4.51. The van der Waals surface area contributed by atoms with Crippen LogP contribution < -0.4 is 10.7 Å². The van der Waals surface area contributed by atoms with E-state index in [1.54, 1.807) is 6.21 Å². The zero-order valence-electron chi connectivity index (χ0n) is 11.6. The highest BCUT2D eigenvalue weighted by molar-refractivity contribution is 5.83. The molecule has 0 atom stereocenters. The molecule has 5 heteroatoms. The number of benzene rings is 1. The molecule has 2 aromatic rings. The summed E-state index contributed by atoms with van der Waals surface area (Å²) in [4.78, 5) is 11.6. The summed E-state index contributed by atoms with van der Waals surface area (Å²) < 4.78 is 1.92. The number of nitrogens with one attached hydrogen (secondary N) is 2. The van der Waals surface area contributed by atoms with Crippen molar-refractivity contribution in [3.63, 3.8) is 0 Å². The summed E-state index contributed by atoms with van der Waals surface area (Å²) >= 11 is 0. The molecule has 1 heterocycles. The summed E-state index contributed by atoms with van der Waals surface area (Å²) in [7, 11) is 1.92.